The van der Waals surface area contributed by atoms with E-state index in [0.717, 1.165) is 0 Å². The van der Waals surface area contributed by atoms with Gasteiger partial charge in [-0.25, -0.2) is 0 Å². The van der Waals surface area contributed by atoms with Crippen molar-refractivity contribution in [3.63, 3.8) is 0 Å². The fraction of sp³-hybridized carbons (Fsp3) is 0.300. The summed E-state index contributed by atoms with van der Waals surface area (Å²) < 4.78 is 5.60. The molecule has 82 valence electrons. The van der Waals surface area contributed by atoms with Crippen LogP contribution in [-0.4, -0.2) is 18.2 Å². The zero-order valence-corrected chi connectivity index (χ0v) is 9.70. The normalized spacial score (nSPS) is 10.0. The Kier molecular flexibility index (Phi) is 3.96. The van der Waals surface area contributed by atoms with Gasteiger partial charge in [-0.3, -0.25) is 0 Å². The number of carbonyl (C=O) groups excluding carboxylic acids is 1. The second kappa shape index (κ2) is 5.02. The summed E-state index contributed by atoms with van der Waals surface area (Å²) >= 11 is 3.27. The number of methoxy groups -OCH3 is 1. The summed E-state index contributed by atoms with van der Waals surface area (Å²) in [7, 11) is 1.45. The predicted octanol–water partition coefficient (Wildman–Crippen LogP) is 0.846. The van der Waals surface area contributed by atoms with Crippen molar-refractivity contribution in [1.29, 1.82) is 0 Å². The Balaban J connectivity index is 2.90. The molecule has 0 unspecified atom stereocenters. The molecule has 1 rings (SSSR count). The molecule has 15 heavy (non-hydrogen) atoms. The maximum atomic E-state index is 10.3. The summed E-state index contributed by atoms with van der Waals surface area (Å²) in [6, 6.07) is 3.08. The van der Waals surface area contributed by atoms with Gasteiger partial charge in [-0.1, -0.05) is 15.9 Å². The Morgan fingerprint density at radius 2 is 2.27 bits per heavy atom. The van der Waals surface area contributed by atoms with Gasteiger partial charge >= 0.3 is 0 Å². The highest BCUT2D eigenvalue weighted by atomic mass is 79.9. The lowest BCUT2D eigenvalue weighted by Gasteiger charge is -2.09. The van der Waals surface area contributed by atoms with E-state index in [1.54, 1.807) is 6.07 Å². The number of aromatic hydroxyl groups is 1. The molecule has 0 saturated heterocycles. The molecule has 0 fully saturated rings. The Morgan fingerprint density at radius 1 is 1.60 bits per heavy atom. The number of phenolic OH excluding ortho intramolecular Hbond substituents is 1. The van der Waals surface area contributed by atoms with E-state index in [1.807, 2.05) is 0 Å². The number of benzene rings is 1. The van der Waals surface area contributed by atoms with Crippen LogP contribution in [0.15, 0.2) is 16.6 Å². The molecule has 5 heteroatoms. The van der Waals surface area contributed by atoms with Gasteiger partial charge in [-0.2, -0.15) is 0 Å². The number of rotatable bonds is 4. The first kappa shape index (κ1) is 11.8. The van der Waals surface area contributed by atoms with Gasteiger partial charge < -0.3 is 19.7 Å². The Bertz CT molecular complexity index is 376. The maximum Gasteiger partial charge on any atom is 0.161 e. The molecule has 0 spiro atoms. The third kappa shape index (κ3) is 3.13. The highest BCUT2D eigenvalue weighted by molar-refractivity contribution is 9.10. The van der Waals surface area contributed by atoms with Crippen LogP contribution in [0.3, 0.4) is 0 Å². The number of carbonyl (C=O) groups is 1. The molecule has 0 heterocycles. The summed E-state index contributed by atoms with van der Waals surface area (Å²) in [4.78, 5) is 10.3. The van der Waals surface area contributed by atoms with Gasteiger partial charge in [0.05, 0.1) is 7.11 Å². The number of hydrogen-bond donors (Lipinski definition) is 1. The van der Waals surface area contributed by atoms with Crippen LogP contribution in [0.1, 0.15) is 12.0 Å². The smallest absolute Gasteiger partial charge is 0.161 e. The van der Waals surface area contributed by atoms with E-state index in [4.69, 9.17) is 4.74 Å². The van der Waals surface area contributed by atoms with E-state index >= 15 is 0 Å². The number of carboxylic acids is 1. The van der Waals surface area contributed by atoms with Crippen molar-refractivity contribution in [2.45, 2.75) is 12.8 Å². The van der Waals surface area contributed by atoms with Crippen molar-refractivity contribution in [3.05, 3.63) is 22.2 Å². The molecule has 1 aromatic rings. The minimum absolute atomic E-state index is 0.00551. The monoisotopic (exact) mass is 273 g/mol. The largest absolute Gasteiger partial charge is 0.550 e. The summed E-state index contributed by atoms with van der Waals surface area (Å²) in [6.07, 6.45) is 0.227. The molecule has 0 radical (unpaired) electrons. The minimum atomic E-state index is -1.11. The minimum Gasteiger partial charge on any atom is -0.550 e. The molecular weight excluding hydrogens is 264 g/mol. The molecule has 1 N–H and O–H groups in total. The molecule has 4 nitrogen and oxygen atoms in total. The molecule has 0 amide bonds. The first-order valence-corrected chi connectivity index (χ1v) is 5.09. The van der Waals surface area contributed by atoms with Crippen molar-refractivity contribution in [3.8, 4) is 11.5 Å². The Hall–Kier alpha value is -1.23. The molecule has 0 saturated carbocycles. The zero-order chi connectivity index (χ0) is 11.4. The van der Waals surface area contributed by atoms with Gasteiger partial charge in [0.1, 0.15) is 0 Å². The van der Waals surface area contributed by atoms with Crippen LogP contribution in [0, 0.1) is 0 Å². The van der Waals surface area contributed by atoms with E-state index in [0.29, 0.717) is 22.2 Å². The number of ether oxygens (including phenoxy) is 1. The number of hydrogen-bond acceptors (Lipinski definition) is 4. The topological polar surface area (TPSA) is 69.6 Å². The second-order valence-corrected chi connectivity index (χ2v) is 3.84. The molecule has 0 atom stereocenters. The molecular formula is C10H10BrO4-. The molecule has 0 aliphatic carbocycles. The van der Waals surface area contributed by atoms with Gasteiger partial charge in [-0.15, -0.1) is 0 Å². The van der Waals surface area contributed by atoms with Gasteiger partial charge in [0, 0.05) is 10.4 Å². The van der Waals surface area contributed by atoms with Gasteiger partial charge in [0.25, 0.3) is 0 Å². The Labute approximate surface area is 95.6 Å². The molecule has 0 aliphatic rings. The average molecular weight is 274 g/mol. The van der Waals surface area contributed by atoms with Crippen molar-refractivity contribution < 1.29 is 19.7 Å². The van der Waals surface area contributed by atoms with Crippen molar-refractivity contribution in [1.82, 2.24) is 0 Å². The van der Waals surface area contributed by atoms with E-state index in [9.17, 15) is 15.0 Å². The predicted molar refractivity (Wildman–Crippen MR) is 55.7 cm³/mol. The first-order valence-electron chi connectivity index (χ1n) is 4.30. The standard InChI is InChI=1S/C10H11BrO4/c1-15-9-5-7(11)6(4-8(9)12)2-3-10(13)14/h4-5,12H,2-3H2,1H3,(H,13,14)/p-1. The lowest BCUT2D eigenvalue weighted by molar-refractivity contribution is -0.305. The van der Waals surface area contributed by atoms with Crippen molar-refractivity contribution in [2.75, 3.05) is 7.11 Å². The molecule has 0 bridgehead atoms. The fourth-order valence-electron chi connectivity index (χ4n) is 1.18. The summed E-state index contributed by atoms with van der Waals surface area (Å²) in [5, 5.41) is 19.8. The SMILES string of the molecule is COc1cc(Br)c(CCC(=O)[O-])cc1O. The van der Waals surface area contributed by atoms with Crippen LogP contribution in [0.5, 0.6) is 11.5 Å². The number of phenols is 1. The molecule has 1 aromatic carbocycles. The summed E-state index contributed by atoms with van der Waals surface area (Å²) in [5.74, 6) is -0.773. The Morgan fingerprint density at radius 3 is 2.80 bits per heavy atom. The highest BCUT2D eigenvalue weighted by Gasteiger charge is 2.07. The number of aryl methyl sites for hydroxylation is 1. The lowest BCUT2D eigenvalue weighted by atomic mass is 10.1. The van der Waals surface area contributed by atoms with E-state index < -0.39 is 5.97 Å². The number of halogens is 1. The molecule has 0 aliphatic heterocycles. The van der Waals surface area contributed by atoms with Crippen molar-refractivity contribution >= 4 is 21.9 Å². The molecule has 0 aromatic heterocycles. The first-order chi connectivity index (χ1) is 7.04. The number of aliphatic carboxylic acids is 1. The van der Waals surface area contributed by atoms with Crippen LogP contribution in [0.2, 0.25) is 0 Å². The lowest BCUT2D eigenvalue weighted by Crippen LogP contribution is -2.22. The van der Waals surface area contributed by atoms with Crippen LogP contribution in [0.4, 0.5) is 0 Å². The van der Waals surface area contributed by atoms with Crippen LogP contribution >= 0.6 is 15.9 Å². The number of carboxylic acid groups (broad SMARTS) is 1. The third-order valence-corrected chi connectivity index (χ3v) is 2.68. The zero-order valence-electron chi connectivity index (χ0n) is 8.12. The van der Waals surface area contributed by atoms with Crippen LogP contribution in [0.25, 0.3) is 0 Å². The fourth-order valence-corrected chi connectivity index (χ4v) is 1.70. The second-order valence-electron chi connectivity index (χ2n) is 2.99. The van der Waals surface area contributed by atoms with E-state index in [2.05, 4.69) is 15.9 Å². The van der Waals surface area contributed by atoms with Gasteiger partial charge in [0.2, 0.25) is 0 Å². The summed E-state index contributed by atoms with van der Waals surface area (Å²) in [6.45, 7) is 0. The van der Waals surface area contributed by atoms with Gasteiger partial charge in [0.15, 0.2) is 11.5 Å². The highest BCUT2D eigenvalue weighted by Crippen LogP contribution is 2.32. The summed E-state index contributed by atoms with van der Waals surface area (Å²) in [5.41, 5.74) is 0.706. The quantitative estimate of drug-likeness (QED) is 0.883. The van der Waals surface area contributed by atoms with Crippen molar-refractivity contribution in [2.24, 2.45) is 0 Å². The third-order valence-electron chi connectivity index (χ3n) is 1.95. The van der Waals surface area contributed by atoms with Crippen LogP contribution in [-0.2, 0) is 11.2 Å². The van der Waals surface area contributed by atoms with E-state index in [1.165, 1.54) is 13.2 Å². The van der Waals surface area contributed by atoms with Crippen LogP contribution < -0.4 is 9.84 Å². The van der Waals surface area contributed by atoms with E-state index in [-0.39, 0.29) is 12.2 Å². The average Bonchev–Trinajstić information content (AvgIpc) is 2.18. The maximum absolute atomic E-state index is 10.3. The van der Waals surface area contributed by atoms with Gasteiger partial charge in [-0.05, 0) is 30.5 Å².